The third-order valence-electron chi connectivity index (χ3n) is 5.53. The molecule has 1 N–H and O–H groups in total. The van der Waals surface area contributed by atoms with Crippen molar-refractivity contribution in [2.75, 3.05) is 13.1 Å². The fourth-order valence-corrected chi connectivity index (χ4v) is 3.87. The topological polar surface area (TPSA) is 88.3 Å². The van der Waals surface area contributed by atoms with Gasteiger partial charge in [-0.05, 0) is 31.5 Å². The van der Waals surface area contributed by atoms with E-state index in [1.165, 1.54) is 0 Å². The molecule has 7 nitrogen and oxygen atoms in total. The molecule has 1 saturated heterocycles. The molecule has 2 aromatic carbocycles. The Morgan fingerprint density at radius 1 is 1.00 bits per heavy atom. The van der Waals surface area contributed by atoms with Gasteiger partial charge in [0.25, 0.3) is 5.91 Å². The summed E-state index contributed by atoms with van der Waals surface area (Å²) >= 11 is 0. The van der Waals surface area contributed by atoms with Gasteiger partial charge in [-0.25, -0.2) is 4.68 Å². The van der Waals surface area contributed by atoms with Crippen molar-refractivity contribution in [3.05, 3.63) is 77.1 Å². The minimum atomic E-state index is -0.894. The average molecular weight is 390 g/mol. The number of hydrogen-bond acceptors (Lipinski definition) is 4. The van der Waals surface area contributed by atoms with Gasteiger partial charge in [-0.3, -0.25) is 9.59 Å². The molecule has 1 amide bonds. The molecular weight excluding hydrogens is 368 g/mol. The largest absolute Gasteiger partial charge is 0.481 e. The van der Waals surface area contributed by atoms with Gasteiger partial charge >= 0.3 is 5.97 Å². The van der Waals surface area contributed by atoms with Crippen LogP contribution in [-0.2, 0) is 4.79 Å². The molecule has 3 aromatic rings. The summed E-state index contributed by atoms with van der Waals surface area (Å²) in [6.45, 7) is 4.30. The number of aliphatic carboxylic acids is 1. The van der Waals surface area contributed by atoms with Crippen LogP contribution in [0.3, 0.4) is 0 Å². The van der Waals surface area contributed by atoms with E-state index in [1.807, 2.05) is 61.5 Å². The Kier molecular flexibility index (Phi) is 4.88. The van der Waals surface area contributed by atoms with Crippen LogP contribution < -0.4 is 0 Å². The molecule has 1 fully saturated rings. The molecule has 1 aromatic heterocycles. The maximum atomic E-state index is 13.1. The SMILES string of the molecule is Cc1ccc(-n2nnc(C(=O)N3C[C@H](C(=O)O)[C@H](c4ccccc4)C3)c2C)cc1. The zero-order chi connectivity index (χ0) is 20.5. The monoisotopic (exact) mass is 390 g/mol. The highest BCUT2D eigenvalue weighted by atomic mass is 16.4. The second-order valence-electron chi connectivity index (χ2n) is 7.44. The van der Waals surface area contributed by atoms with Crippen molar-refractivity contribution in [1.29, 1.82) is 0 Å². The maximum absolute atomic E-state index is 13.1. The van der Waals surface area contributed by atoms with E-state index in [9.17, 15) is 14.7 Å². The Balaban J connectivity index is 1.60. The summed E-state index contributed by atoms with van der Waals surface area (Å²) in [5.74, 6) is -2.07. The molecule has 0 spiro atoms. The van der Waals surface area contributed by atoms with Crippen LogP contribution in [0, 0.1) is 19.8 Å². The lowest BCUT2D eigenvalue weighted by Crippen LogP contribution is -2.30. The zero-order valence-electron chi connectivity index (χ0n) is 16.3. The Morgan fingerprint density at radius 3 is 2.34 bits per heavy atom. The number of hydrogen-bond donors (Lipinski definition) is 1. The van der Waals surface area contributed by atoms with Crippen molar-refractivity contribution in [3.63, 3.8) is 0 Å². The fourth-order valence-electron chi connectivity index (χ4n) is 3.87. The van der Waals surface area contributed by atoms with Gasteiger partial charge in [0.1, 0.15) is 0 Å². The second kappa shape index (κ2) is 7.50. The van der Waals surface area contributed by atoms with Crippen LogP contribution in [-0.4, -0.2) is 50.0 Å². The highest BCUT2D eigenvalue weighted by Gasteiger charge is 2.41. The lowest BCUT2D eigenvalue weighted by atomic mass is 9.89. The smallest absolute Gasteiger partial charge is 0.308 e. The first kappa shape index (κ1) is 18.9. The van der Waals surface area contributed by atoms with Crippen molar-refractivity contribution in [2.45, 2.75) is 19.8 Å². The van der Waals surface area contributed by atoms with E-state index in [4.69, 9.17) is 0 Å². The standard InChI is InChI=1S/C22H22N4O3/c1-14-8-10-17(11-9-14)26-15(2)20(23-24-26)21(27)25-12-18(19(13-25)22(28)29)16-6-4-3-5-7-16/h3-11,18-19H,12-13H2,1-2H3,(H,28,29)/t18-,19-/m0/s1. The molecule has 0 bridgehead atoms. The first-order valence-electron chi connectivity index (χ1n) is 9.52. The number of likely N-dealkylation sites (tertiary alicyclic amines) is 1. The van der Waals surface area contributed by atoms with Crippen LogP contribution >= 0.6 is 0 Å². The van der Waals surface area contributed by atoms with Crippen molar-refractivity contribution < 1.29 is 14.7 Å². The van der Waals surface area contributed by atoms with Crippen molar-refractivity contribution in [2.24, 2.45) is 5.92 Å². The number of carbonyl (C=O) groups is 2. The van der Waals surface area contributed by atoms with Gasteiger partial charge in [0.05, 0.1) is 17.3 Å². The third kappa shape index (κ3) is 3.51. The van der Waals surface area contributed by atoms with Gasteiger partial charge in [-0.2, -0.15) is 0 Å². The molecule has 0 radical (unpaired) electrons. The number of carboxylic acid groups (broad SMARTS) is 1. The minimum Gasteiger partial charge on any atom is -0.481 e. The average Bonchev–Trinajstić information content (AvgIpc) is 3.33. The van der Waals surface area contributed by atoms with E-state index in [2.05, 4.69) is 10.3 Å². The Morgan fingerprint density at radius 2 is 1.69 bits per heavy atom. The molecule has 0 unspecified atom stereocenters. The van der Waals surface area contributed by atoms with E-state index in [-0.39, 0.29) is 24.1 Å². The quantitative estimate of drug-likeness (QED) is 0.740. The molecule has 0 aliphatic carbocycles. The van der Waals surface area contributed by atoms with Gasteiger partial charge in [0.2, 0.25) is 0 Å². The van der Waals surface area contributed by atoms with E-state index in [1.54, 1.807) is 16.5 Å². The predicted molar refractivity (Wildman–Crippen MR) is 107 cm³/mol. The first-order valence-corrected chi connectivity index (χ1v) is 9.52. The molecule has 148 valence electrons. The summed E-state index contributed by atoms with van der Waals surface area (Å²) in [7, 11) is 0. The summed E-state index contributed by atoms with van der Waals surface area (Å²) in [5.41, 5.74) is 3.77. The minimum absolute atomic E-state index is 0.157. The normalized spacial score (nSPS) is 18.8. The summed E-state index contributed by atoms with van der Waals surface area (Å²) < 4.78 is 1.63. The summed E-state index contributed by atoms with van der Waals surface area (Å²) in [6.07, 6.45) is 0. The molecule has 2 heterocycles. The van der Waals surface area contributed by atoms with E-state index in [0.717, 1.165) is 16.8 Å². The molecule has 29 heavy (non-hydrogen) atoms. The molecule has 1 aliphatic rings. The second-order valence-corrected chi connectivity index (χ2v) is 7.44. The van der Waals surface area contributed by atoms with Crippen LogP contribution in [0.25, 0.3) is 5.69 Å². The molecule has 1 aliphatic heterocycles. The molecule has 0 saturated carbocycles. The third-order valence-corrected chi connectivity index (χ3v) is 5.53. The van der Waals surface area contributed by atoms with Crippen molar-refractivity contribution in [1.82, 2.24) is 19.9 Å². The van der Waals surface area contributed by atoms with Crippen molar-refractivity contribution in [3.8, 4) is 5.69 Å². The number of aromatic nitrogens is 3. The highest BCUT2D eigenvalue weighted by Crippen LogP contribution is 2.33. The van der Waals surface area contributed by atoms with Crippen molar-refractivity contribution >= 4 is 11.9 Å². The number of rotatable bonds is 4. The van der Waals surface area contributed by atoms with Gasteiger partial charge in [0, 0.05) is 19.0 Å². The van der Waals surface area contributed by atoms with Crippen LogP contribution in [0.15, 0.2) is 54.6 Å². The van der Waals surface area contributed by atoms with Crippen LogP contribution in [0.2, 0.25) is 0 Å². The highest BCUT2D eigenvalue weighted by molar-refractivity contribution is 5.94. The Bertz CT molecular complexity index is 1040. The molecule has 7 heteroatoms. The van der Waals surface area contributed by atoms with Crippen LogP contribution in [0.5, 0.6) is 0 Å². The Hall–Kier alpha value is -3.48. The van der Waals surface area contributed by atoms with E-state index < -0.39 is 11.9 Å². The Labute approximate surface area is 168 Å². The maximum Gasteiger partial charge on any atom is 0.308 e. The number of carboxylic acids is 1. The van der Waals surface area contributed by atoms with Gasteiger partial charge < -0.3 is 10.0 Å². The van der Waals surface area contributed by atoms with Gasteiger partial charge in [-0.1, -0.05) is 53.2 Å². The number of amides is 1. The molecule has 2 atom stereocenters. The van der Waals surface area contributed by atoms with Gasteiger partial charge in [-0.15, -0.1) is 5.10 Å². The lowest BCUT2D eigenvalue weighted by Gasteiger charge is -2.15. The van der Waals surface area contributed by atoms with E-state index >= 15 is 0 Å². The predicted octanol–water partition coefficient (Wildman–Crippen LogP) is 2.82. The summed E-state index contributed by atoms with van der Waals surface area (Å²) in [4.78, 5) is 26.5. The number of nitrogens with zero attached hydrogens (tertiary/aromatic N) is 4. The molecule has 4 rings (SSSR count). The summed E-state index contributed by atoms with van der Waals surface area (Å²) in [6, 6.07) is 17.3. The van der Waals surface area contributed by atoms with E-state index in [0.29, 0.717) is 12.2 Å². The number of benzene rings is 2. The zero-order valence-corrected chi connectivity index (χ0v) is 16.3. The van der Waals surface area contributed by atoms with Crippen LogP contribution in [0.4, 0.5) is 0 Å². The van der Waals surface area contributed by atoms with Gasteiger partial charge in [0.15, 0.2) is 5.69 Å². The molecular formula is C22H22N4O3. The number of carbonyl (C=O) groups excluding carboxylic acids is 1. The number of aryl methyl sites for hydroxylation is 1. The fraction of sp³-hybridized carbons (Fsp3) is 0.273. The lowest BCUT2D eigenvalue weighted by molar-refractivity contribution is -0.141. The summed E-state index contributed by atoms with van der Waals surface area (Å²) in [5, 5.41) is 17.9. The van der Waals surface area contributed by atoms with Crippen LogP contribution in [0.1, 0.15) is 33.2 Å². The first-order chi connectivity index (χ1) is 14.0.